The lowest BCUT2D eigenvalue weighted by Gasteiger charge is -2.26. The van der Waals surface area contributed by atoms with Crippen LogP contribution in [0.1, 0.15) is 54.4 Å². The summed E-state index contributed by atoms with van der Waals surface area (Å²) in [6.07, 6.45) is 12.7. The van der Waals surface area contributed by atoms with E-state index in [9.17, 15) is 23.9 Å². The third-order valence-electron chi connectivity index (χ3n) is 5.48. The second-order valence-electron chi connectivity index (χ2n) is 8.22. The Balaban J connectivity index is 1.86. The first-order valence-corrected chi connectivity index (χ1v) is 13.2. The average molecular weight is 506 g/mol. The van der Waals surface area contributed by atoms with Crippen LogP contribution in [0.25, 0.3) is 0 Å². The first-order chi connectivity index (χ1) is 16.8. The number of carbonyl (C=O) groups excluding carboxylic acids is 2. The smallest absolute Gasteiger partial charge is 0.462 e. The predicted octanol–water partition coefficient (Wildman–Crippen LogP) is 3.54. The molecule has 1 amide bonds. The fourth-order valence-corrected chi connectivity index (χ4v) is 4.23. The lowest BCUT2D eigenvalue weighted by atomic mass is 10.0. The van der Waals surface area contributed by atoms with Gasteiger partial charge in [-0.05, 0) is 56.2 Å². The van der Waals surface area contributed by atoms with E-state index in [2.05, 4.69) is 5.16 Å². The highest BCUT2D eigenvalue weighted by atomic mass is 31.2. The van der Waals surface area contributed by atoms with Gasteiger partial charge in [-0.15, -0.1) is 0 Å². The van der Waals surface area contributed by atoms with Gasteiger partial charge in [0.25, 0.3) is 5.91 Å². The number of likely N-dealkylation sites (tertiary alicyclic amines) is 1. The normalized spacial score (nSPS) is 20.8. The van der Waals surface area contributed by atoms with E-state index < -0.39 is 13.8 Å². The zero-order valence-corrected chi connectivity index (χ0v) is 20.4. The molecule has 0 aliphatic carbocycles. The molecule has 3 rings (SSSR count). The number of hydrogen-bond donors (Lipinski definition) is 2. The summed E-state index contributed by atoms with van der Waals surface area (Å²) in [6.45, 7) is 1.34. The highest BCUT2D eigenvalue weighted by molar-refractivity contribution is 7.46. The summed E-state index contributed by atoms with van der Waals surface area (Å²) in [6, 6.07) is 4.44. The number of rotatable bonds is 5. The number of amides is 1. The number of phosphoric ester groups is 1. The van der Waals surface area contributed by atoms with Crippen molar-refractivity contribution in [3.63, 3.8) is 0 Å². The molecular weight excluding hydrogens is 475 g/mol. The predicted molar refractivity (Wildman–Crippen MR) is 129 cm³/mol. The lowest BCUT2D eigenvalue weighted by molar-refractivity contribution is -0.137. The van der Waals surface area contributed by atoms with Gasteiger partial charge in [-0.25, -0.2) is 9.36 Å². The summed E-state index contributed by atoms with van der Waals surface area (Å²) < 4.78 is 21.6. The fraction of sp³-hybridized carbons (Fsp3) is 0.458. The second-order valence-corrected chi connectivity index (χ2v) is 9.39. The van der Waals surface area contributed by atoms with Gasteiger partial charge in [0.1, 0.15) is 11.3 Å². The molecule has 0 radical (unpaired) electrons. The molecule has 0 saturated carbocycles. The largest absolute Gasteiger partial charge is 0.524 e. The minimum absolute atomic E-state index is 0.0903. The van der Waals surface area contributed by atoms with Gasteiger partial charge in [-0.2, -0.15) is 0 Å². The van der Waals surface area contributed by atoms with Gasteiger partial charge < -0.3 is 19.0 Å². The quantitative estimate of drug-likeness (QED) is 0.268. The number of nitrogens with zero attached hydrogens (tertiary/aromatic N) is 2. The second kappa shape index (κ2) is 13.2. The molecule has 2 heterocycles. The molecule has 1 aromatic carbocycles. The van der Waals surface area contributed by atoms with E-state index >= 15 is 0 Å². The Kier molecular flexibility index (Phi) is 10.1. The first-order valence-electron chi connectivity index (χ1n) is 11.7. The monoisotopic (exact) mass is 506 g/mol. The van der Waals surface area contributed by atoms with Crippen LogP contribution in [0.3, 0.4) is 0 Å². The highest BCUT2D eigenvalue weighted by Crippen LogP contribution is 2.40. The van der Waals surface area contributed by atoms with E-state index in [1.807, 2.05) is 18.2 Å². The Morgan fingerprint density at radius 3 is 2.60 bits per heavy atom. The third kappa shape index (κ3) is 8.98. The molecule has 0 unspecified atom stereocenters. The summed E-state index contributed by atoms with van der Waals surface area (Å²) in [5, 5.41) is 4.13. The Hall–Kier alpha value is -2.94. The number of oxime groups is 1. The maximum absolute atomic E-state index is 12.8. The maximum Gasteiger partial charge on any atom is 0.524 e. The number of cyclic esters (lactones) is 1. The van der Waals surface area contributed by atoms with E-state index in [1.54, 1.807) is 17.0 Å². The summed E-state index contributed by atoms with van der Waals surface area (Å²) in [4.78, 5) is 51.0. The van der Waals surface area contributed by atoms with E-state index in [1.165, 1.54) is 12.1 Å². The third-order valence-corrected chi connectivity index (χ3v) is 5.91. The highest BCUT2D eigenvalue weighted by Gasteiger charge is 2.25. The summed E-state index contributed by atoms with van der Waals surface area (Å²) >= 11 is 0. The van der Waals surface area contributed by atoms with Crippen molar-refractivity contribution in [1.29, 1.82) is 0 Å². The molecule has 2 N–H and O–H groups in total. The average Bonchev–Trinajstić information content (AvgIpc) is 2.82. The Bertz CT molecular complexity index is 1020. The van der Waals surface area contributed by atoms with Crippen molar-refractivity contribution < 1.29 is 38.0 Å². The van der Waals surface area contributed by atoms with Gasteiger partial charge in [0, 0.05) is 19.5 Å². The molecule has 0 spiro atoms. The Morgan fingerprint density at radius 2 is 1.83 bits per heavy atom. The number of ether oxygens (including phenoxy) is 1. The van der Waals surface area contributed by atoms with Gasteiger partial charge in [0.05, 0.1) is 12.3 Å². The van der Waals surface area contributed by atoms with Crippen LogP contribution in [0.15, 0.2) is 47.7 Å². The molecule has 1 fully saturated rings. The summed E-state index contributed by atoms with van der Waals surface area (Å²) in [5.74, 6) is -1.18. The summed E-state index contributed by atoms with van der Waals surface area (Å²) in [5.41, 5.74) is 0.727. The Morgan fingerprint density at radius 1 is 1.09 bits per heavy atom. The number of fused-ring (bicyclic) bond motifs is 1. The van der Waals surface area contributed by atoms with E-state index in [4.69, 9.17) is 14.1 Å². The molecule has 1 aromatic rings. The van der Waals surface area contributed by atoms with Gasteiger partial charge in [-0.3, -0.25) is 14.6 Å². The number of hydrogen-bond acceptors (Lipinski definition) is 7. The SMILES string of the molecule is O=C1OCC/C=C/CC/C=C/C(=N\OCC(=O)N2CCCCC2)Cc2cccc(OP(=O)(O)O)c21. The number of carbonyl (C=O) groups is 2. The van der Waals surface area contributed by atoms with Crippen LogP contribution < -0.4 is 4.52 Å². The van der Waals surface area contributed by atoms with Crippen molar-refractivity contribution in [2.75, 3.05) is 26.3 Å². The zero-order chi connectivity index (χ0) is 25.1. The molecule has 35 heavy (non-hydrogen) atoms. The number of benzene rings is 1. The number of allylic oxidation sites excluding steroid dienone is 3. The van der Waals surface area contributed by atoms with E-state index in [0.29, 0.717) is 30.8 Å². The molecule has 10 nitrogen and oxygen atoms in total. The van der Waals surface area contributed by atoms with E-state index in [-0.39, 0.29) is 36.9 Å². The van der Waals surface area contributed by atoms with Gasteiger partial charge >= 0.3 is 13.8 Å². The zero-order valence-electron chi connectivity index (χ0n) is 19.5. The maximum atomic E-state index is 12.8. The van der Waals surface area contributed by atoms with Crippen LogP contribution in [0, 0.1) is 0 Å². The Labute approximate surface area is 204 Å². The molecule has 190 valence electrons. The van der Waals surface area contributed by atoms with Crippen molar-refractivity contribution in [2.45, 2.75) is 44.9 Å². The fourth-order valence-electron chi connectivity index (χ4n) is 3.82. The van der Waals surface area contributed by atoms with Gasteiger partial charge in [0.2, 0.25) is 0 Å². The lowest BCUT2D eigenvalue weighted by Crippen LogP contribution is -2.37. The number of phosphoric acid groups is 1. The minimum atomic E-state index is -4.92. The van der Waals surface area contributed by atoms with Crippen LogP contribution in [0.5, 0.6) is 5.75 Å². The van der Waals surface area contributed by atoms with Crippen molar-refractivity contribution in [3.8, 4) is 5.75 Å². The molecule has 2 aliphatic heterocycles. The van der Waals surface area contributed by atoms with Crippen LogP contribution in [-0.4, -0.2) is 58.6 Å². The van der Waals surface area contributed by atoms with Gasteiger partial charge in [-0.1, -0.05) is 35.5 Å². The van der Waals surface area contributed by atoms with Crippen LogP contribution in [-0.2, 0) is 25.4 Å². The van der Waals surface area contributed by atoms with Gasteiger partial charge in [0.15, 0.2) is 6.61 Å². The number of esters is 1. The van der Waals surface area contributed by atoms with Crippen molar-refractivity contribution in [3.05, 3.63) is 53.6 Å². The van der Waals surface area contributed by atoms with Crippen LogP contribution >= 0.6 is 7.82 Å². The minimum Gasteiger partial charge on any atom is -0.462 e. The molecule has 11 heteroatoms. The topological polar surface area (TPSA) is 135 Å². The molecule has 1 saturated heterocycles. The number of piperidine rings is 1. The van der Waals surface area contributed by atoms with E-state index in [0.717, 1.165) is 32.1 Å². The molecular formula is C24H31N2O8P. The molecule has 0 atom stereocenters. The first kappa shape index (κ1) is 26.7. The molecule has 0 bridgehead atoms. The van der Waals surface area contributed by atoms with Crippen molar-refractivity contribution in [2.24, 2.45) is 5.16 Å². The van der Waals surface area contributed by atoms with Crippen molar-refractivity contribution in [1.82, 2.24) is 4.90 Å². The molecule has 2 aliphatic rings. The standard InChI is InChI=1S/C24H31N2O8P/c27-22(26-14-7-5-8-15-26)18-33-25-20-12-6-3-1-2-4-9-16-32-24(28)23-19(17-20)11-10-13-21(23)34-35(29,30)31/h2,4,6,10-13H,1,3,5,7-9,14-18H2,(H2,29,30,31)/b4-2+,12-6+,25-20+. The molecule has 0 aromatic heterocycles. The van der Waals surface area contributed by atoms with Crippen LogP contribution in [0.4, 0.5) is 0 Å². The van der Waals surface area contributed by atoms with Crippen LogP contribution in [0.2, 0.25) is 0 Å². The summed E-state index contributed by atoms with van der Waals surface area (Å²) in [7, 11) is -4.92. The van der Waals surface area contributed by atoms with Crippen molar-refractivity contribution >= 4 is 25.4 Å².